The quantitative estimate of drug-likeness (QED) is 0.831. The van der Waals surface area contributed by atoms with Gasteiger partial charge in [0, 0.05) is 4.90 Å². The lowest BCUT2D eigenvalue weighted by atomic mass is 9.95. The summed E-state index contributed by atoms with van der Waals surface area (Å²) in [6.07, 6.45) is -6.76. The third-order valence-corrected chi connectivity index (χ3v) is 4.27. The van der Waals surface area contributed by atoms with Crippen molar-refractivity contribution in [2.24, 2.45) is 5.92 Å². The molecule has 122 valence electrons. The molecule has 0 aliphatic carbocycles. The Morgan fingerprint density at radius 3 is 2.13 bits per heavy atom. The second kappa shape index (κ2) is 7.19. The van der Waals surface area contributed by atoms with E-state index in [9.17, 15) is 23.1 Å². The first-order chi connectivity index (χ1) is 10.8. The molecule has 0 aromatic heterocycles. The van der Waals surface area contributed by atoms with Crippen LogP contribution in [0, 0.1) is 12.8 Å². The Hall–Kier alpha value is -1.79. The lowest BCUT2D eigenvalue weighted by molar-refractivity contribution is -0.197. The van der Waals surface area contributed by atoms with Gasteiger partial charge in [0.05, 0.1) is 6.10 Å². The van der Waals surface area contributed by atoms with Crippen LogP contribution in [-0.2, 0) is 4.79 Å². The van der Waals surface area contributed by atoms with Crippen LogP contribution in [0.1, 0.15) is 17.2 Å². The minimum Gasteiger partial charge on any atom is -0.387 e. The van der Waals surface area contributed by atoms with Gasteiger partial charge in [-0.25, -0.2) is 0 Å². The third-order valence-electron chi connectivity index (χ3n) is 3.30. The largest absolute Gasteiger partial charge is 0.402 e. The molecule has 0 spiro atoms. The van der Waals surface area contributed by atoms with Gasteiger partial charge < -0.3 is 5.11 Å². The van der Waals surface area contributed by atoms with Crippen molar-refractivity contribution in [1.29, 1.82) is 0 Å². The Bertz CT molecular complexity index is 654. The maximum absolute atomic E-state index is 13.3. The highest BCUT2D eigenvalue weighted by atomic mass is 32.2. The number of carbonyl (C=O) groups is 1. The molecular formula is C17H15F3O2S. The van der Waals surface area contributed by atoms with Gasteiger partial charge in [0.15, 0.2) is 5.92 Å². The van der Waals surface area contributed by atoms with E-state index in [2.05, 4.69) is 0 Å². The zero-order valence-corrected chi connectivity index (χ0v) is 13.1. The van der Waals surface area contributed by atoms with Crippen LogP contribution in [0.25, 0.3) is 0 Å². The second-order valence-electron chi connectivity index (χ2n) is 5.11. The number of aliphatic hydroxyl groups excluding tert-OH is 1. The molecule has 23 heavy (non-hydrogen) atoms. The highest BCUT2D eigenvalue weighted by molar-refractivity contribution is 8.13. The first-order valence-electron chi connectivity index (χ1n) is 6.87. The van der Waals surface area contributed by atoms with Gasteiger partial charge in [-0.1, -0.05) is 59.8 Å². The monoisotopic (exact) mass is 340 g/mol. The number of hydrogen-bond donors (Lipinski definition) is 1. The zero-order chi connectivity index (χ0) is 17.0. The molecule has 0 unspecified atom stereocenters. The Morgan fingerprint density at radius 1 is 1.04 bits per heavy atom. The summed E-state index contributed by atoms with van der Waals surface area (Å²) in [4.78, 5) is 12.5. The minimum atomic E-state index is -4.83. The predicted octanol–water partition coefficient (Wildman–Crippen LogP) is 4.53. The molecule has 0 saturated carbocycles. The molecule has 0 heterocycles. The first-order valence-corrected chi connectivity index (χ1v) is 7.69. The fourth-order valence-electron chi connectivity index (χ4n) is 2.07. The van der Waals surface area contributed by atoms with E-state index < -0.39 is 23.3 Å². The van der Waals surface area contributed by atoms with E-state index in [1.807, 2.05) is 0 Å². The molecule has 2 aromatic carbocycles. The van der Waals surface area contributed by atoms with Crippen LogP contribution >= 0.6 is 11.8 Å². The van der Waals surface area contributed by atoms with E-state index in [1.165, 1.54) is 12.1 Å². The van der Waals surface area contributed by atoms with Crippen LogP contribution in [0.15, 0.2) is 59.5 Å². The number of carbonyl (C=O) groups excluding carboxylic acids is 1. The van der Waals surface area contributed by atoms with Crippen molar-refractivity contribution >= 4 is 16.9 Å². The van der Waals surface area contributed by atoms with Crippen LogP contribution in [0.5, 0.6) is 0 Å². The van der Waals surface area contributed by atoms with E-state index in [-0.39, 0.29) is 5.56 Å². The summed E-state index contributed by atoms with van der Waals surface area (Å²) >= 11 is 0.486. The van der Waals surface area contributed by atoms with Gasteiger partial charge in [0.1, 0.15) is 0 Å². The summed E-state index contributed by atoms with van der Waals surface area (Å²) in [6, 6.07) is 14.1. The van der Waals surface area contributed by atoms with Gasteiger partial charge in [0.25, 0.3) is 0 Å². The fourth-order valence-corrected chi connectivity index (χ4v) is 2.98. The number of hydrogen-bond acceptors (Lipinski definition) is 3. The molecule has 2 rings (SSSR count). The molecule has 0 bridgehead atoms. The van der Waals surface area contributed by atoms with Gasteiger partial charge in [-0.2, -0.15) is 13.2 Å². The average molecular weight is 340 g/mol. The normalized spacial score (nSPS) is 14.3. The molecular weight excluding hydrogens is 325 g/mol. The van der Waals surface area contributed by atoms with Gasteiger partial charge in [-0.3, -0.25) is 4.79 Å². The average Bonchev–Trinajstić information content (AvgIpc) is 2.47. The number of rotatable bonds is 4. The smallest absolute Gasteiger partial charge is 0.387 e. The molecule has 0 fully saturated rings. The predicted molar refractivity (Wildman–Crippen MR) is 83.0 cm³/mol. The SMILES string of the molecule is Cc1ccc([C@H](O)[C@H](C(=O)Sc2ccccc2)C(F)(F)F)cc1. The van der Waals surface area contributed by atoms with Gasteiger partial charge >= 0.3 is 6.18 Å². The summed E-state index contributed by atoms with van der Waals surface area (Å²) in [6.45, 7) is 1.79. The third kappa shape index (κ3) is 4.59. The van der Waals surface area contributed by atoms with Crippen LogP contribution in [0.4, 0.5) is 13.2 Å². The van der Waals surface area contributed by atoms with Crippen molar-refractivity contribution in [2.75, 3.05) is 0 Å². The van der Waals surface area contributed by atoms with Crippen LogP contribution in [0.2, 0.25) is 0 Å². The van der Waals surface area contributed by atoms with Gasteiger partial charge in [-0.05, 0) is 24.6 Å². The van der Waals surface area contributed by atoms with E-state index in [0.717, 1.165) is 5.56 Å². The molecule has 2 aromatic rings. The van der Waals surface area contributed by atoms with Crippen LogP contribution in [-0.4, -0.2) is 16.4 Å². The van der Waals surface area contributed by atoms with Crippen molar-refractivity contribution in [3.8, 4) is 0 Å². The second-order valence-corrected chi connectivity index (χ2v) is 6.19. The zero-order valence-electron chi connectivity index (χ0n) is 12.2. The van der Waals surface area contributed by atoms with E-state index in [0.29, 0.717) is 16.7 Å². The standard InChI is InChI=1S/C17H15F3O2S/c1-11-7-9-12(10-8-11)15(21)14(17(18,19)20)16(22)23-13-5-3-2-4-6-13/h2-10,14-15,21H,1H3/t14-,15+/m1/s1. The number of benzene rings is 2. The molecule has 1 N–H and O–H groups in total. The maximum Gasteiger partial charge on any atom is 0.402 e. The molecule has 0 saturated heterocycles. The van der Waals surface area contributed by atoms with Crippen molar-refractivity contribution < 1.29 is 23.1 Å². The van der Waals surface area contributed by atoms with Crippen molar-refractivity contribution in [1.82, 2.24) is 0 Å². The highest BCUT2D eigenvalue weighted by Gasteiger charge is 2.49. The highest BCUT2D eigenvalue weighted by Crippen LogP contribution is 2.40. The van der Waals surface area contributed by atoms with E-state index >= 15 is 0 Å². The molecule has 0 aliphatic rings. The molecule has 2 nitrogen and oxygen atoms in total. The van der Waals surface area contributed by atoms with Crippen molar-refractivity contribution in [3.05, 3.63) is 65.7 Å². The summed E-state index contributed by atoms with van der Waals surface area (Å²) < 4.78 is 39.9. The Kier molecular flexibility index (Phi) is 5.49. The number of aliphatic hydroxyl groups is 1. The maximum atomic E-state index is 13.3. The topological polar surface area (TPSA) is 37.3 Å². The molecule has 0 amide bonds. The Morgan fingerprint density at radius 2 is 1.61 bits per heavy atom. The molecule has 2 atom stereocenters. The van der Waals surface area contributed by atoms with E-state index in [1.54, 1.807) is 49.4 Å². The number of halogens is 3. The number of alkyl halides is 3. The summed E-state index contributed by atoms with van der Waals surface area (Å²) in [5.41, 5.74) is 0.925. The summed E-state index contributed by atoms with van der Waals surface area (Å²) in [5, 5.41) is 8.97. The molecule has 0 aliphatic heterocycles. The number of aryl methyl sites for hydroxylation is 1. The summed E-state index contributed by atoms with van der Waals surface area (Å²) in [5.74, 6) is -2.48. The van der Waals surface area contributed by atoms with Crippen LogP contribution in [0.3, 0.4) is 0 Å². The van der Waals surface area contributed by atoms with Gasteiger partial charge in [0.2, 0.25) is 5.12 Å². The number of thioether (sulfide) groups is 1. The first kappa shape index (κ1) is 17.6. The lowest BCUT2D eigenvalue weighted by Gasteiger charge is -2.24. The summed E-state index contributed by atoms with van der Waals surface area (Å²) in [7, 11) is 0. The Labute approximate surface area is 136 Å². The van der Waals surface area contributed by atoms with Gasteiger partial charge in [-0.15, -0.1) is 0 Å². The molecule has 6 heteroatoms. The fraction of sp³-hybridized carbons (Fsp3) is 0.235. The van der Waals surface area contributed by atoms with Crippen molar-refractivity contribution in [2.45, 2.75) is 24.1 Å². The molecule has 0 radical (unpaired) electrons. The lowest BCUT2D eigenvalue weighted by Crippen LogP contribution is -2.34. The minimum absolute atomic E-state index is 0.0694. The van der Waals surface area contributed by atoms with E-state index in [4.69, 9.17) is 0 Å². The Balaban J connectivity index is 2.26. The van der Waals surface area contributed by atoms with Crippen molar-refractivity contribution in [3.63, 3.8) is 0 Å². The van der Waals surface area contributed by atoms with Crippen LogP contribution < -0.4 is 0 Å².